The zero-order valence-corrected chi connectivity index (χ0v) is 6.13. The van der Waals surface area contributed by atoms with Crippen molar-refractivity contribution in [3.8, 4) is 0 Å². The van der Waals surface area contributed by atoms with Crippen molar-refractivity contribution in [1.82, 2.24) is 5.32 Å². The van der Waals surface area contributed by atoms with Crippen LogP contribution in [-0.4, -0.2) is 30.1 Å². The van der Waals surface area contributed by atoms with Crippen molar-refractivity contribution >= 4 is 5.78 Å². The van der Waals surface area contributed by atoms with E-state index in [4.69, 9.17) is 5.11 Å². The monoisotopic (exact) mass is 143 g/mol. The largest absolute Gasteiger partial charge is 0.395 e. The molecule has 3 heteroatoms. The molecule has 2 N–H and O–H groups in total. The Hall–Kier alpha value is -0.410. The maximum absolute atomic E-state index is 11.0. The van der Waals surface area contributed by atoms with Crippen LogP contribution in [0.1, 0.15) is 13.3 Å². The summed E-state index contributed by atoms with van der Waals surface area (Å²) < 4.78 is 0. The molecule has 1 aliphatic heterocycles. The second-order valence-electron chi connectivity index (χ2n) is 2.65. The molecule has 0 aliphatic carbocycles. The number of aliphatic hydroxyl groups excluding tert-OH is 1. The van der Waals surface area contributed by atoms with Crippen LogP contribution in [0, 0.1) is 5.92 Å². The first-order valence-corrected chi connectivity index (χ1v) is 3.66. The highest BCUT2D eigenvalue weighted by Gasteiger charge is 2.31. The van der Waals surface area contributed by atoms with Crippen molar-refractivity contribution in [3.05, 3.63) is 0 Å². The molecule has 3 nitrogen and oxygen atoms in total. The Labute approximate surface area is 60.4 Å². The Morgan fingerprint density at radius 2 is 2.50 bits per heavy atom. The Morgan fingerprint density at radius 3 is 2.90 bits per heavy atom. The molecule has 0 unspecified atom stereocenters. The van der Waals surface area contributed by atoms with Crippen molar-refractivity contribution in [2.45, 2.75) is 19.4 Å². The van der Waals surface area contributed by atoms with Crippen LogP contribution >= 0.6 is 0 Å². The first-order valence-electron chi connectivity index (χ1n) is 3.66. The second-order valence-corrected chi connectivity index (χ2v) is 2.65. The van der Waals surface area contributed by atoms with Gasteiger partial charge in [0, 0.05) is 12.0 Å². The Bertz CT molecular complexity index is 136. The van der Waals surface area contributed by atoms with E-state index in [0.717, 1.165) is 6.42 Å². The van der Waals surface area contributed by atoms with Crippen LogP contribution < -0.4 is 5.32 Å². The number of aliphatic hydroxyl groups is 1. The highest BCUT2D eigenvalue weighted by Crippen LogP contribution is 2.14. The van der Waals surface area contributed by atoms with Gasteiger partial charge >= 0.3 is 0 Å². The maximum atomic E-state index is 11.0. The summed E-state index contributed by atoms with van der Waals surface area (Å²) in [4.78, 5) is 11.0. The minimum absolute atomic E-state index is 0.0116. The zero-order chi connectivity index (χ0) is 7.56. The van der Waals surface area contributed by atoms with Gasteiger partial charge < -0.3 is 10.4 Å². The third-order valence-corrected chi connectivity index (χ3v) is 2.07. The fourth-order valence-corrected chi connectivity index (χ4v) is 1.43. The number of carbonyl (C=O) groups is 1. The predicted octanol–water partition coefficient (Wildman–Crippen LogP) is -0.454. The standard InChI is InChI=1S/C7H13NO2/c1-2-5-6(4-9)8-3-7(5)10/h5-6,8-9H,2-4H2,1H3/t5-,6-/m1/s1. The molecule has 0 bridgehead atoms. The lowest BCUT2D eigenvalue weighted by Crippen LogP contribution is -2.30. The van der Waals surface area contributed by atoms with Gasteiger partial charge in [0.05, 0.1) is 13.2 Å². The second kappa shape index (κ2) is 3.12. The number of ketones is 1. The summed E-state index contributed by atoms with van der Waals surface area (Å²) in [6, 6.07) is 0.0116. The van der Waals surface area contributed by atoms with Crippen LogP contribution in [0.3, 0.4) is 0 Å². The van der Waals surface area contributed by atoms with E-state index >= 15 is 0 Å². The molecule has 58 valence electrons. The molecule has 1 fully saturated rings. The van der Waals surface area contributed by atoms with E-state index in [0.29, 0.717) is 6.54 Å². The topological polar surface area (TPSA) is 49.3 Å². The van der Waals surface area contributed by atoms with Crippen LogP contribution in [0.5, 0.6) is 0 Å². The zero-order valence-electron chi connectivity index (χ0n) is 6.13. The SMILES string of the molecule is CC[C@H]1C(=O)CN[C@@H]1CO. The van der Waals surface area contributed by atoms with Gasteiger partial charge in [-0.2, -0.15) is 0 Å². The van der Waals surface area contributed by atoms with Gasteiger partial charge in [-0.3, -0.25) is 4.79 Å². The first kappa shape index (κ1) is 7.69. The van der Waals surface area contributed by atoms with Crippen LogP contribution in [0.15, 0.2) is 0 Å². The molecule has 1 saturated heterocycles. The molecular formula is C7H13NO2. The summed E-state index contributed by atoms with van der Waals surface area (Å²) in [5.41, 5.74) is 0. The summed E-state index contributed by atoms with van der Waals surface area (Å²) in [6.45, 7) is 2.48. The van der Waals surface area contributed by atoms with Crippen LogP contribution in [0.4, 0.5) is 0 Å². The molecule has 1 rings (SSSR count). The summed E-state index contributed by atoms with van der Waals surface area (Å²) in [5.74, 6) is 0.284. The number of nitrogens with one attached hydrogen (secondary N) is 1. The molecule has 0 spiro atoms. The maximum Gasteiger partial charge on any atom is 0.151 e. The van der Waals surface area contributed by atoms with Gasteiger partial charge in [-0.1, -0.05) is 6.92 Å². The first-order chi connectivity index (χ1) is 4.79. The van der Waals surface area contributed by atoms with Gasteiger partial charge in [0.2, 0.25) is 0 Å². The Balaban J connectivity index is 2.54. The quantitative estimate of drug-likeness (QED) is 0.550. The van der Waals surface area contributed by atoms with E-state index in [9.17, 15) is 4.79 Å². The number of hydrogen-bond donors (Lipinski definition) is 2. The van der Waals surface area contributed by atoms with E-state index in [1.807, 2.05) is 6.92 Å². The summed E-state index contributed by atoms with van der Waals surface area (Å²) in [7, 11) is 0. The highest BCUT2D eigenvalue weighted by atomic mass is 16.3. The van der Waals surface area contributed by atoms with Gasteiger partial charge in [0.25, 0.3) is 0 Å². The average Bonchev–Trinajstić information content (AvgIpc) is 2.30. The third kappa shape index (κ3) is 1.20. The molecule has 1 heterocycles. The fourth-order valence-electron chi connectivity index (χ4n) is 1.43. The van der Waals surface area contributed by atoms with Crippen molar-refractivity contribution < 1.29 is 9.90 Å². The molecule has 0 aromatic rings. The summed E-state index contributed by atoms with van der Waals surface area (Å²) in [6.07, 6.45) is 0.830. The van der Waals surface area contributed by atoms with E-state index in [1.54, 1.807) is 0 Å². The molecule has 0 amide bonds. The molecule has 1 aliphatic rings. The van der Waals surface area contributed by atoms with E-state index < -0.39 is 0 Å². The van der Waals surface area contributed by atoms with Gasteiger partial charge in [-0.15, -0.1) is 0 Å². The smallest absolute Gasteiger partial charge is 0.151 e. The van der Waals surface area contributed by atoms with Crippen molar-refractivity contribution in [2.75, 3.05) is 13.2 Å². The summed E-state index contributed by atoms with van der Waals surface area (Å²) >= 11 is 0. The Kier molecular flexibility index (Phi) is 2.40. The number of hydrogen-bond acceptors (Lipinski definition) is 3. The number of carbonyl (C=O) groups excluding carboxylic acids is 1. The van der Waals surface area contributed by atoms with E-state index in [1.165, 1.54) is 0 Å². The molecule has 10 heavy (non-hydrogen) atoms. The minimum atomic E-state index is 0.0116. The lowest BCUT2D eigenvalue weighted by atomic mass is 9.98. The fraction of sp³-hybridized carbons (Fsp3) is 0.857. The van der Waals surface area contributed by atoms with Crippen LogP contribution in [-0.2, 0) is 4.79 Å². The molecule has 2 atom stereocenters. The van der Waals surface area contributed by atoms with Gasteiger partial charge in [-0.25, -0.2) is 0 Å². The normalized spacial score (nSPS) is 33.2. The minimum Gasteiger partial charge on any atom is -0.395 e. The molecule has 0 saturated carbocycles. The lowest BCUT2D eigenvalue weighted by molar-refractivity contribution is -0.120. The molecular weight excluding hydrogens is 130 g/mol. The number of rotatable bonds is 2. The lowest BCUT2D eigenvalue weighted by Gasteiger charge is -2.12. The highest BCUT2D eigenvalue weighted by molar-refractivity contribution is 5.85. The van der Waals surface area contributed by atoms with E-state index in [2.05, 4.69) is 5.32 Å². The van der Waals surface area contributed by atoms with Crippen LogP contribution in [0.25, 0.3) is 0 Å². The molecule has 0 aromatic heterocycles. The molecule has 0 radical (unpaired) electrons. The van der Waals surface area contributed by atoms with Gasteiger partial charge in [0.15, 0.2) is 5.78 Å². The predicted molar refractivity (Wildman–Crippen MR) is 37.7 cm³/mol. The average molecular weight is 143 g/mol. The van der Waals surface area contributed by atoms with Crippen molar-refractivity contribution in [2.24, 2.45) is 5.92 Å². The van der Waals surface area contributed by atoms with Gasteiger partial charge in [-0.05, 0) is 6.42 Å². The van der Waals surface area contributed by atoms with E-state index in [-0.39, 0.29) is 24.3 Å². The van der Waals surface area contributed by atoms with Crippen molar-refractivity contribution in [3.63, 3.8) is 0 Å². The van der Waals surface area contributed by atoms with Crippen LogP contribution in [0.2, 0.25) is 0 Å². The summed E-state index contributed by atoms with van der Waals surface area (Å²) in [5, 5.41) is 11.7. The number of Topliss-reactive ketones (excluding diaryl/α,β-unsaturated/α-hetero) is 1. The Morgan fingerprint density at radius 1 is 1.80 bits per heavy atom. The third-order valence-electron chi connectivity index (χ3n) is 2.07. The van der Waals surface area contributed by atoms with Crippen molar-refractivity contribution in [1.29, 1.82) is 0 Å². The van der Waals surface area contributed by atoms with Gasteiger partial charge in [0.1, 0.15) is 0 Å². The molecule has 0 aromatic carbocycles.